The summed E-state index contributed by atoms with van der Waals surface area (Å²) in [5.41, 5.74) is 1.96. The van der Waals surface area contributed by atoms with E-state index in [-0.39, 0.29) is 0 Å². The number of rotatable bonds is 0. The van der Waals surface area contributed by atoms with Crippen LogP contribution >= 0.6 is 0 Å². The van der Waals surface area contributed by atoms with Gasteiger partial charge in [-0.2, -0.15) is 0 Å². The molecular weight excluding hydrogens is 146 g/mol. The molecule has 2 aromatic rings. The standard InChI is InChI=1S/C11H8N/c1-3-10-8-9-6-4-5-7-11(9)12(10)2/h4-8H,2H3. The van der Waals surface area contributed by atoms with Gasteiger partial charge in [0, 0.05) is 18.0 Å². The molecule has 0 N–H and O–H groups in total. The normalized spacial score (nSPS) is 10.0. The van der Waals surface area contributed by atoms with E-state index in [0.29, 0.717) is 0 Å². The third-order valence-corrected chi connectivity index (χ3v) is 2.08. The lowest BCUT2D eigenvalue weighted by Crippen LogP contribution is -1.89. The van der Waals surface area contributed by atoms with E-state index in [2.05, 4.69) is 5.92 Å². The highest BCUT2D eigenvalue weighted by atomic mass is 14.9. The van der Waals surface area contributed by atoms with Gasteiger partial charge >= 0.3 is 0 Å². The van der Waals surface area contributed by atoms with Gasteiger partial charge in [-0.05, 0) is 24.5 Å². The van der Waals surface area contributed by atoms with Gasteiger partial charge in [-0.1, -0.05) is 18.2 Å². The minimum absolute atomic E-state index is 0.816. The van der Waals surface area contributed by atoms with E-state index in [1.54, 1.807) is 0 Å². The first-order valence-electron chi connectivity index (χ1n) is 3.80. The first-order valence-corrected chi connectivity index (χ1v) is 3.80. The molecule has 2 rings (SSSR count). The van der Waals surface area contributed by atoms with Gasteiger partial charge in [0.05, 0.1) is 5.69 Å². The van der Waals surface area contributed by atoms with E-state index < -0.39 is 0 Å². The molecule has 1 radical (unpaired) electrons. The molecule has 0 amide bonds. The highest BCUT2D eigenvalue weighted by molar-refractivity contribution is 5.82. The number of para-hydroxylation sites is 1. The minimum Gasteiger partial charge on any atom is -0.337 e. The van der Waals surface area contributed by atoms with Crippen LogP contribution < -0.4 is 0 Å². The summed E-state index contributed by atoms with van der Waals surface area (Å²) in [6.45, 7) is 0. The van der Waals surface area contributed by atoms with Crippen molar-refractivity contribution >= 4 is 10.9 Å². The highest BCUT2D eigenvalue weighted by Crippen LogP contribution is 2.16. The van der Waals surface area contributed by atoms with Crippen molar-refractivity contribution in [1.29, 1.82) is 0 Å². The number of aromatic nitrogens is 1. The second kappa shape index (κ2) is 2.42. The Hall–Kier alpha value is -1.68. The van der Waals surface area contributed by atoms with Crippen LogP contribution in [0.4, 0.5) is 0 Å². The summed E-state index contributed by atoms with van der Waals surface area (Å²) in [6.07, 6.45) is 7.05. The largest absolute Gasteiger partial charge is 0.337 e. The molecule has 0 fully saturated rings. The van der Waals surface area contributed by atoms with Gasteiger partial charge in [0.15, 0.2) is 0 Å². The first kappa shape index (κ1) is 7.00. The summed E-state index contributed by atoms with van der Waals surface area (Å²) < 4.78 is 1.96. The molecule has 57 valence electrons. The smallest absolute Gasteiger partial charge is 0.0938 e. The lowest BCUT2D eigenvalue weighted by atomic mass is 10.2. The van der Waals surface area contributed by atoms with Crippen LogP contribution in [0.25, 0.3) is 10.9 Å². The lowest BCUT2D eigenvalue weighted by molar-refractivity contribution is 0.951. The topological polar surface area (TPSA) is 4.93 Å². The van der Waals surface area contributed by atoms with E-state index in [9.17, 15) is 0 Å². The van der Waals surface area contributed by atoms with Crippen LogP contribution in [0.1, 0.15) is 5.69 Å². The fourth-order valence-electron chi connectivity index (χ4n) is 1.41. The molecule has 0 spiro atoms. The zero-order valence-corrected chi connectivity index (χ0v) is 6.83. The Kier molecular flexibility index (Phi) is 1.41. The molecule has 0 saturated carbocycles. The van der Waals surface area contributed by atoms with Gasteiger partial charge in [-0.3, -0.25) is 0 Å². The van der Waals surface area contributed by atoms with Crippen molar-refractivity contribution in [2.24, 2.45) is 7.05 Å². The first-order chi connectivity index (χ1) is 5.83. The Morgan fingerprint density at radius 3 is 2.75 bits per heavy atom. The molecule has 12 heavy (non-hydrogen) atoms. The van der Waals surface area contributed by atoms with Crippen LogP contribution in [0.3, 0.4) is 0 Å². The van der Waals surface area contributed by atoms with Crippen molar-refractivity contribution in [1.82, 2.24) is 4.57 Å². The van der Waals surface area contributed by atoms with Gasteiger partial charge in [-0.25, -0.2) is 0 Å². The summed E-state index contributed by atoms with van der Waals surface area (Å²) in [5.74, 6) is 2.40. The zero-order chi connectivity index (χ0) is 8.55. The van der Waals surface area contributed by atoms with Crippen LogP contribution in [-0.2, 0) is 7.05 Å². The van der Waals surface area contributed by atoms with Crippen molar-refractivity contribution in [2.75, 3.05) is 0 Å². The average molecular weight is 154 g/mol. The number of aryl methyl sites for hydroxylation is 1. The van der Waals surface area contributed by atoms with E-state index >= 15 is 0 Å². The summed E-state index contributed by atoms with van der Waals surface area (Å²) >= 11 is 0. The second-order valence-electron chi connectivity index (χ2n) is 2.77. The van der Waals surface area contributed by atoms with E-state index in [1.165, 1.54) is 0 Å². The average Bonchev–Trinajstić information content (AvgIpc) is 2.44. The number of hydrogen-bond donors (Lipinski definition) is 0. The second-order valence-corrected chi connectivity index (χ2v) is 2.77. The lowest BCUT2D eigenvalue weighted by Gasteiger charge is -1.95. The van der Waals surface area contributed by atoms with Crippen molar-refractivity contribution in [2.45, 2.75) is 0 Å². The Morgan fingerprint density at radius 1 is 1.33 bits per heavy atom. The molecule has 0 aliphatic carbocycles. The molecule has 1 aromatic heterocycles. The van der Waals surface area contributed by atoms with Crippen LogP contribution in [0.5, 0.6) is 0 Å². The molecule has 0 unspecified atom stereocenters. The summed E-state index contributed by atoms with van der Waals surface area (Å²) in [6, 6.07) is 10.0. The Bertz CT molecular complexity index is 457. The summed E-state index contributed by atoms with van der Waals surface area (Å²) in [4.78, 5) is 0. The van der Waals surface area contributed by atoms with Gasteiger partial charge in [0.2, 0.25) is 0 Å². The van der Waals surface area contributed by atoms with Crippen molar-refractivity contribution in [3.63, 3.8) is 0 Å². The van der Waals surface area contributed by atoms with Crippen molar-refractivity contribution in [3.05, 3.63) is 42.4 Å². The maximum atomic E-state index is 7.05. The Morgan fingerprint density at radius 2 is 2.08 bits per heavy atom. The van der Waals surface area contributed by atoms with Crippen LogP contribution in [0, 0.1) is 12.3 Å². The number of nitrogens with zero attached hydrogens (tertiary/aromatic N) is 1. The van der Waals surface area contributed by atoms with Gasteiger partial charge < -0.3 is 4.57 Å². The Labute approximate surface area is 71.6 Å². The molecule has 0 saturated heterocycles. The van der Waals surface area contributed by atoms with Crippen LogP contribution in [-0.4, -0.2) is 4.57 Å². The van der Waals surface area contributed by atoms with E-state index in [1.807, 2.05) is 41.9 Å². The maximum Gasteiger partial charge on any atom is 0.0938 e. The molecule has 1 heteroatoms. The molecule has 0 atom stereocenters. The van der Waals surface area contributed by atoms with Gasteiger partial charge in [-0.15, -0.1) is 0 Å². The Balaban J connectivity index is 2.90. The number of fused-ring (bicyclic) bond motifs is 1. The van der Waals surface area contributed by atoms with E-state index in [4.69, 9.17) is 6.42 Å². The summed E-state index contributed by atoms with van der Waals surface area (Å²) in [7, 11) is 1.94. The third-order valence-electron chi connectivity index (χ3n) is 2.08. The summed E-state index contributed by atoms with van der Waals surface area (Å²) in [5, 5.41) is 1.16. The predicted molar refractivity (Wildman–Crippen MR) is 49.2 cm³/mol. The zero-order valence-electron chi connectivity index (χ0n) is 6.83. The maximum absolute atomic E-state index is 7.05. The molecule has 1 nitrogen and oxygen atoms in total. The molecule has 0 aliphatic heterocycles. The SMILES string of the molecule is [C]#Cc1cc2ccccc2n1C. The fourth-order valence-corrected chi connectivity index (χ4v) is 1.41. The molecular formula is C11H8N. The monoisotopic (exact) mass is 154 g/mol. The highest BCUT2D eigenvalue weighted by Gasteiger charge is 2.00. The van der Waals surface area contributed by atoms with Crippen LogP contribution in [0.2, 0.25) is 0 Å². The quantitative estimate of drug-likeness (QED) is 0.512. The number of hydrogen-bond acceptors (Lipinski definition) is 0. The minimum atomic E-state index is 0.816. The van der Waals surface area contributed by atoms with Crippen molar-refractivity contribution in [3.8, 4) is 5.92 Å². The number of benzene rings is 1. The van der Waals surface area contributed by atoms with Gasteiger partial charge in [0.1, 0.15) is 0 Å². The molecule has 0 bridgehead atoms. The predicted octanol–water partition coefficient (Wildman–Crippen LogP) is 2.12. The molecule has 1 aromatic carbocycles. The molecule has 0 aliphatic rings. The van der Waals surface area contributed by atoms with Gasteiger partial charge in [0.25, 0.3) is 0 Å². The van der Waals surface area contributed by atoms with Crippen molar-refractivity contribution < 1.29 is 0 Å². The fraction of sp³-hybridized carbons (Fsp3) is 0.0909. The molecule has 1 heterocycles. The third kappa shape index (κ3) is 0.820. The van der Waals surface area contributed by atoms with Crippen LogP contribution in [0.15, 0.2) is 30.3 Å². The van der Waals surface area contributed by atoms with E-state index in [0.717, 1.165) is 16.6 Å².